The maximum absolute atomic E-state index is 11.9. The first-order valence-corrected chi connectivity index (χ1v) is 7.07. The van der Waals surface area contributed by atoms with Gasteiger partial charge in [-0.25, -0.2) is 4.98 Å². The number of anilines is 1. The number of oxazole rings is 1. The van der Waals surface area contributed by atoms with Gasteiger partial charge in [0.2, 0.25) is 11.8 Å². The molecule has 120 valence electrons. The molecule has 0 radical (unpaired) electrons. The summed E-state index contributed by atoms with van der Waals surface area (Å²) in [5.41, 5.74) is 3.52. The van der Waals surface area contributed by atoms with Crippen molar-refractivity contribution >= 4 is 24.0 Å². The van der Waals surface area contributed by atoms with Crippen molar-refractivity contribution in [3.05, 3.63) is 35.7 Å². The summed E-state index contributed by atoms with van der Waals surface area (Å²) >= 11 is 0. The second-order valence-electron chi connectivity index (χ2n) is 5.08. The molecule has 1 aromatic carbocycles. The molecule has 0 fully saturated rings. The summed E-state index contributed by atoms with van der Waals surface area (Å²) < 4.78 is 5.40. The van der Waals surface area contributed by atoms with Crippen LogP contribution >= 0.6 is 12.4 Å². The highest BCUT2D eigenvalue weighted by Crippen LogP contribution is 2.25. The van der Waals surface area contributed by atoms with Crippen molar-refractivity contribution in [2.75, 3.05) is 18.9 Å². The van der Waals surface area contributed by atoms with Crippen LogP contribution in [0.1, 0.15) is 24.1 Å². The zero-order chi connectivity index (χ0) is 15.2. The number of hydrogen-bond donors (Lipinski definition) is 2. The molecular weight excluding hydrogens is 302 g/mol. The number of aromatic nitrogens is 1. The van der Waals surface area contributed by atoms with Crippen LogP contribution in [0, 0.1) is 13.8 Å². The first-order chi connectivity index (χ1) is 10.1. The minimum absolute atomic E-state index is 0. The van der Waals surface area contributed by atoms with E-state index in [1.165, 1.54) is 0 Å². The van der Waals surface area contributed by atoms with Gasteiger partial charge in [0.1, 0.15) is 6.26 Å². The molecule has 5 nitrogen and oxygen atoms in total. The smallest absolute Gasteiger partial charge is 0.226 e. The van der Waals surface area contributed by atoms with Crippen molar-refractivity contribution < 1.29 is 9.21 Å². The van der Waals surface area contributed by atoms with Gasteiger partial charge in [0.05, 0.1) is 5.69 Å². The number of hydrogen-bond acceptors (Lipinski definition) is 4. The van der Waals surface area contributed by atoms with Gasteiger partial charge < -0.3 is 15.1 Å². The first-order valence-electron chi connectivity index (χ1n) is 7.07. The van der Waals surface area contributed by atoms with Crippen LogP contribution in [0.15, 0.2) is 28.9 Å². The second-order valence-corrected chi connectivity index (χ2v) is 5.08. The zero-order valence-electron chi connectivity index (χ0n) is 13.1. The lowest BCUT2D eigenvalue weighted by atomic mass is 10.1. The fourth-order valence-electron chi connectivity index (χ4n) is 2.01. The lowest BCUT2D eigenvalue weighted by molar-refractivity contribution is -0.116. The highest BCUT2D eigenvalue weighted by Gasteiger charge is 2.09. The maximum Gasteiger partial charge on any atom is 0.226 e. The first kappa shape index (κ1) is 18.2. The third kappa shape index (κ3) is 4.86. The predicted octanol–water partition coefficient (Wildman–Crippen LogP) is 3.32. The van der Waals surface area contributed by atoms with E-state index >= 15 is 0 Å². The van der Waals surface area contributed by atoms with Crippen molar-refractivity contribution in [2.24, 2.45) is 0 Å². The molecule has 22 heavy (non-hydrogen) atoms. The Morgan fingerprint density at radius 3 is 2.73 bits per heavy atom. The topological polar surface area (TPSA) is 67.2 Å². The molecule has 6 heteroatoms. The van der Waals surface area contributed by atoms with Crippen LogP contribution in [-0.4, -0.2) is 24.5 Å². The lowest BCUT2D eigenvalue weighted by Crippen LogP contribution is -2.15. The van der Waals surface area contributed by atoms with Crippen molar-refractivity contribution in [1.82, 2.24) is 10.3 Å². The van der Waals surface area contributed by atoms with E-state index in [2.05, 4.69) is 15.6 Å². The van der Waals surface area contributed by atoms with E-state index in [4.69, 9.17) is 4.42 Å². The summed E-state index contributed by atoms with van der Waals surface area (Å²) in [6, 6.07) is 5.80. The molecule has 0 bridgehead atoms. The molecule has 2 aromatic rings. The third-order valence-corrected chi connectivity index (χ3v) is 3.21. The number of carbonyl (C=O) groups excluding carboxylic acids is 1. The van der Waals surface area contributed by atoms with Crippen molar-refractivity contribution in [1.29, 1.82) is 0 Å². The van der Waals surface area contributed by atoms with E-state index in [-0.39, 0.29) is 18.3 Å². The molecule has 1 amide bonds. The van der Waals surface area contributed by atoms with Crippen LogP contribution in [0.5, 0.6) is 0 Å². The quantitative estimate of drug-likeness (QED) is 0.800. The SMILES string of the molecule is CNCCCC(=O)Nc1cc(-c2nc(C)co2)ccc1C.Cl. The Morgan fingerprint density at radius 2 is 2.09 bits per heavy atom. The standard InChI is InChI=1S/C16H21N3O2.ClH/c1-11-6-7-13(16-18-12(2)10-21-16)9-14(11)19-15(20)5-4-8-17-3;/h6-7,9-10,17H,4-5,8H2,1-3H3,(H,19,20);1H. The monoisotopic (exact) mass is 323 g/mol. The minimum Gasteiger partial charge on any atom is -0.444 e. The number of rotatable bonds is 6. The fraction of sp³-hybridized carbons (Fsp3) is 0.375. The number of halogens is 1. The molecule has 0 aliphatic carbocycles. The zero-order valence-corrected chi connectivity index (χ0v) is 13.9. The third-order valence-electron chi connectivity index (χ3n) is 3.21. The van der Waals surface area contributed by atoms with E-state index in [1.807, 2.05) is 39.1 Å². The van der Waals surface area contributed by atoms with Gasteiger partial charge in [-0.2, -0.15) is 0 Å². The van der Waals surface area contributed by atoms with Gasteiger partial charge in [0.25, 0.3) is 0 Å². The molecule has 2 N–H and O–H groups in total. The Labute approximate surface area is 136 Å². The molecule has 2 rings (SSSR count). The second kappa shape index (κ2) is 8.56. The molecule has 0 unspecified atom stereocenters. The van der Waals surface area contributed by atoms with Gasteiger partial charge in [-0.3, -0.25) is 4.79 Å². The van der Waals surface area contributed by atoms with Gasteiger partial charge >= 0.3 is 0 Å². The lowest BCUT2D eigenvalue weighted by Gasteiger charge is -2.09. The van der Waals surface area contributed by atoms with Gasteiger partial charge in [0.15, 0.2) is 0 Å². The van der Waals surface area contributed by atoms with Crippen molar-refractivity contribution in [3.63, 3.8) is 0 Å². The van der Waals surface area contributed by atoms with Crippen LogP contribution in [0.3, 0.4) is 0 Å². The van der Waals surface area contributed by atoms with E-state index in [1.54, 1.807) is 6.26 Å². The van der Waals surface area contributed by atoms with E-state index in [0.717, 1.165) is 35.5 Å². The fourth-order valence-corrected chi connectivity index (χ4v) is 2.01. The average molecular weight is 324 g/mol. The largest absolute Gasteiger partial charge is 0.444 e. The number of benzene rings is 1. The highest BCUT2D eigenvalue weighted by atomic mass is 35.5. The van der Waals surface area contributed by atoms with Crippen molar-refractivity contribution in [3.8, 4) is 11.5 Å². The summed E-state index contributed by atoms with van der Waals surface area (Å²) in [7, 11) is 1.88. The predicted molar refractivity (Wildman–Crippen MR) is 90.5 cm³/mol. The highest BCUT2D eigenvalue weighted by molar-refractivity contribution is 5.92. The van der Waals surface area contributed by atoms with Crippen LogP contribution in [-0.2, 0) is 4.79 Å². The summed E-state index contributed by atoms with van der Waals surface area (Å²) in [5.74, 6) is 0.590. The van der Waals surface area contributed by atoms with Gasteiger partial charge in [0, 0.05) is 17.7 Å². The Morgan fingerprint density at radius 1 is 1.32 bits per heavy atom. The summed E-state index contributed by atoms with van der Waals surface area (Å²) in [4.78, 5) is 16.2. The van der Waals surface area contributed by atoms with Crippen molar-refractivity contribution in [2.45, 2.75) is 26.7 Å². The number of aryl methyl sites for hydroxylation is 2. The van der Waals surface area contributed by atoms with E-state index in [9.17, 15) is 4.79 Å². The Kier molecular flexibility index (Phi) is 7.08. The van der Waals surface area contributed by atoms with Crippen LogP contribution in [0.2, 0.25) is 0 Å². The molecule has 0 spiro atoms. The van der Waals surface area contributed by atoms with Gasteiger partial charge in [-0.1, -0.05) is 6.07 Å². The number of amides is 1. The molecule has 1 heterocycles. The maximum atomic E-state index is 11.9. The average Bonchev–Trinajstić information content (AvgIpc) is 2.88. The molecular formula is C16H22ClN3O2. The molecule has 0 saturated heterocycles. The van der Waals surface area contributed by atoms with E-state index in [0.29, 0.717) is 12.3 Å². The van der Waals surface area contributed by atoms with Crippen LogP contribution in [0.4, 0.5) is 5.69 Å². The normalized spacial score (nSPS) is 10.1. The number of nitrogens with one attached hydrogen (secondary N) is 2. The molecule has 1 aromatic heterocycles. The Balaban J connectivity index is 0.00000242. The summed E-state index contributed by atoms with van der Waals surface area (Å²) in [5, 5.41) is 5.98. The van der Waals surface area contributed by atoms with Gasteiger partial charge in [-0.15, -0.1) is 12.4 Å². The summed E-state index contributed by atoms with van der Waals surface area (Å²) in [6.07, 6.45) is 2.94. The number of nitrogens with zero attached hydrogens (tertiary/aromatic N) is 1. The minimum atomic E-state index is 0. The van der Waals surface area contributed by atoms with Gasteiger partial charge in [-0.05, 0) is 51.6 Å². The molecule has 0 aliphatic heterocycles. The Hall–Kier alpha value is -1.85. The number of carbonyl (C=O) groups is 1. The Bertz CT molecular complexity index is 626. The molecule has 0 saturated carbocycles. The van der Waals surface area contributed by atoms with Crippen LogP contribution < -0.4 is 10.6 Å². The van der Waals surface area contributed by atoms with Crippen LogP contribution in [0.25, 0.3) is 11.5 Å². The molecule has 0 atom stereocenters. The molecule has 0 aliphatic rings. The van der Waals surface area contributed by atoms with E-state index < -0.39 is 0 Å². The summed E-state index contributed by atoms with van der Waals surface area (Å²) in [6.45, 7) is 4.68.